The molecule has 2 rings (SSSR count). The van der Waals surface area contributed by atoms with E-state index in [9.17, 15) is 9.18 Å². The number of rotatable bonds is 4. The lowest BCUT2D eigenvalue weighted by atomic mass is 9.86. The molecule has 0 bridgehead atoms. The fourth-order valence-corrected chi connectivity index (χ4v) is 2.44. The number of benzene rings is 2. The SMILES string of the molecule is COc1ccc(C(=O)NC(C)c2ccc(C(C)(C)C)cc2)cc1F. The summed E-state index contributed by atoms with van der Waals surface area (Å²) >= 11 is 0. The number of carbonyl (C=O) groups excluding carboxylic acids is 1. The van der Waals surface area contributed by atoms with Gasteiger partial charge in [-0.15, -0.1) is 0 Å². The highest BCUT2D eigenvalue weighted by Gasteiger charge is 2.16. The van der Waals surface area contributed by atoms with Gasteiger partial charge in [-0.25, -0.2) is 4.39 Å². The van der Waals surface area contributed by atoms with E-state index in [0.29, 0.717) is 0 Å². The molecule has 2 aromatic carbocycles. The molecule has 0 fully saturated rings. The van der Waals surface area contributed by atoms with Crippen molar-refractivity contribution in [3.8, 4) is 5.75 Å². The van der Waals surface area contributed by atoms with Gasteiger partial charge in [-0.05, 0) is 41.7 Å². The Morgan fingerprint density at radius 1 is 1.12 bits per heavy atom. The van der Waals surface area contributed by atoms with Gasteiger partial charge in [0.25, 0.3) is 5.91 Å². The standard InChI is InChI=1S/C20H24FNO2/c1-13(14-6-9-16(10-7-14)20(2,3)4)22-19(23)15-8-11-18(24-5)17(21)12-15/h6-13H,1-5H3,(H,22,23). The van der Waals surface area contributed by atoms with Gasteiger partial charge in [0.1, 0.15) is 0 Å². The summed E-state index contributed by atoms with van der Waals surface area (Å²) in [6, 6.07) is 12.2. The monoisotopic (exact) mass is 329 g/mol. The zero-order valence-corrected chi connectivity index (χ0v) is 14.8. The Labute approximate surface area is 142 Å². The van der Waals surface area contributed by atoms with Crippen LogP contribution in [0.3, 0.4) is 0 Å². The van der Waals surface area contributed by atoms with Crippen molar-refractivity contribution in [3.05, 3.63) is 65.0 Å². The molecule has 0 radical (unpaired) electrons. The summed E-state index contributed by atoms with van der Waals surface area (Å²) in [5.74, 6) is -0.742. The molecule has 0 heterocycles. The Hall–Kier alpha value is -2.36. The average Bonchev–Trinajstić information content (AvgIpc) is 2.54. The maximum atomic E-state index is 13.7. The van der Waals surface area contributed by atoms with Gasteiger partial charge in [-0.1, -0.05) is 45.0 Å². The molecule has 4 heteroatoms. The van der Waals surface area contributed by atoms with Crippen LogP contribution in [0.1, 0.15) is 55.2 Å². The third kappa shape index (κ3) is 4.13. The molecule has 2 aromatic rings. The summed E-state index contributed by atoms with van der Waals surface area (Å²) in [4.78, 5) is 12.3. The number of hydrogen-bond donors (Lipinski definition) is 1. The highest BCUT2D eigenvalue weighted by molar-refractivity contribution is 5.94. The minimum absolute atomic E-state index is 0.0889. The molecule has 3 nitrogen and oxygen atoms in total. The third-order valence-corrected chi connectivity index (χ3v) is 4.04. The first-order valence-electron chi connectivity index (χ1n) is 7.97. The molecule has 1 unspecified atom stereocenters. The Kier molecular flexibility index (Phi) is 5.27. The normalized spacial score (nSPS) is 12.6. The Bertz CT molecular complexity index is 717. The van der Waals surface area contributed by atoms with Crippen molar-refractivity contribution in [2.45, 2.75) is 39.2 Å². The number of amides is 1. The van der Waals surface area contributed by atoms with Crippen molar-refractivity contribution in [1.82, 2.24) is 5.32 Å². The third-order valence-electron chi connectivity index (χ3n) is 4.04. The summed E-state index contributed by atoms with van der Waals surface area (Å²) < 4.78 is 18.6. The molecule has 24 heavy (non-hydrogen) atoms. The van der Waals surface area contributed by atoms with Crippen LogP contribution in [-0.4, -0.2) is 13.0 Å². The van der Waals surface area contributed by atoms with Gasteiger partial charge in [0, 0.05) is 5.56 Å². The number of halogens is 1. The van der Waals surface area contributed by atoms with Crippen molar-refractivity contribution >= 4 is 5.91 Å². The summed E-state index contributed by atoms with van der Waals surface area (Å²) in [7, 11) is 1.39. The second-order valence-electron chi connectivity index (χ2n) is 6.92. The minimum Gasteiger partial charge on any atom is -0.494 e. The number of carbonyl (C=O) groups is 1. The molecule has 0 aromatic heterocycles. The van der Waals surface area contributed by atoms with E-state index >= 15 is 0 Å². The van der Waals surface area contributed by atoms with Gasteiger partial charge in [0.15, 0.2) is 11.6 Å². The van der Waals surface area contributed by atoms with E-state index in [4.69, 9.17) is 4.74 Å². The topological polar surface area (TPSA) is 38.3 Å². The van der Waals surface area contributed by atoms with Gasteiger partial charge < -0.3 is 10.1 Å². The quantitative estimate of drug-likeness (QED) is 0.888. The van der Waals surface area contributed by atoms with Gasteiger partial charge in [0.2, 0.25) is 0 Å². The van der Waals surface area contributed by atoms with Gasteiger partial charge in [-0.2, -0.15) is 0 Å². The molecular weight excluding hydrogens is 305 g/mol. The Morgan fingerprint density at radius 2 is 1.75 bits per heavy atom. The van der Waals surface area contributed by atoms with E-state index in [1.807, 2.05) is 19.1 Å². The van der Waals surface area contributed by atoms with Crippen molar-refractivity contribution < 1.29 is 13.9 Å². The van der Waals surface area contributed by atoms with E-state index < -0.39 is 5.82 Å². The van der Waals surface area contributed by atoms with Crippen molar-refractivity contribution in [2.24, 2.45) is 0 Å². The second-order valence-corrected chi connectivity index (χ2v) is 6.92. The van der Waals surface area contributed by atoms with Crippen LogP contribution in [0.25, 0.3) is 0 Å². The van der Waals surface area contributed by atoms with Crippen molar-refractivity contribution in [2.75, 3.05) is 7.11 Å². The number of nitrogens with one attached hydrogen (secondary N) is 1. The molecule has 0 spiro atoms. The fraction of sp³-hybridized carbons (Fsp3) is 0.350. The molecule has 0 saturated carbocycles. The zero-order chi connectivity index (χ0) is 17.9. The van der Waals surface area contributed by atoms with E-state index in [0.717, 1.165) is 5.56 Å². The van der Waals surface area contributed by atoms with Crippen LogP contribution < -0.4 is 10.1 Å². The van der Waals surface area contributed by atoms with E-state index in [-0.39, 0.29) is 28.7 Å². The number of methoxy groups -OCH3 is 1. The first-order chi connectivity index (χ1) is 11.2. The summed E-state index contributed by atoms with van der Waals surface area (Å²) in [6.07, 6.45) is 0. The second kappa shape index (κ2) is 7.04. The Morgan fingerprint density at radius 3 is 2.25 bits per heavy atom. The lowest BCUT2D eigenvalue weighted by Gasteiger charge is -2.20. The zero-order valence-electron chi connectivity index (χ0n) is 14.8. The van der Waals surface area contributed by atoms with E-state index in [2.05, 4.69) is 38.2 Å². The highest BCUT2D eigenvalue weighted by atomic mass is 19.1. The van der Waals surface area contributed by atoms with E-state index in [1.165, 1.54) is 24.8 Å². The van der Waals surface area contributed by atoms with Crippen LogP contribution in [-0.2, 0) is 5.41 Å². The number of ether oxygens (including phenoxy) is 1. The molecule has 128 valence electrons. The highest BCUT2D eigenvalue weighted by Crippen LogP contribution is 2.24. The first kappa shape index (κ1) is 18.0. The molecule has 0 saturated heterocycles. The van der Waals surface area contributed by atoms with Gasteiger partial charge >= 0.3 is 0 Å². The lowest BCUT2D eigenvalue weighted by molar-refractivity contribution is 0.0939. The van der Waals surface area contributed by atoms with Crippen LogP contribution in [0.2, 0.25) is 0 Å². The van der Waals surface area contributed by atoms with Crippen LogP contribution in [0.15, 0.2) is 42.5 Å². The van der Waals surface area contributed by atoms with Crippen molar-refractivity contribution in [1.29, 1.82) is 0 Å². The van der Waals surface area contributed by atoms with Crippen LogP contribution >= 0.6 is 0 Å². The van der Waals surface area contributed by atoms with Crippen LogP contribution in [0.5, 0.6) is 5.75 Å². The molecule has 1 amide bonds. The van der Waals surface area contributed by atoms with E-state index in [1.54, 1.807) is 6.07 Å². The number of hydrogen-bond acceptors (Lipinski definition) is 2. The van der Waals surface area contributed by atoms with Crippen molar-refractivity contribution in [3.63, 3.8) is 0 Å². The van der Waals surface area contributed by atoms with Gasteiger partial charge in [0.05, 0.1) is 13.2 Å². The van der Waals surface area contributed by atoms with Crippen LogP contribution in [0, 0.1) is 5.82 Å². The lowest BCUT2D eigenvalue weighted by Crippen LogP contribution is -2.26. The fourth-order valence-electron chi connectivity index (χ4n) is 2.44. The summed E-state index contributed by atoms with van der Waals surface area (Å²) in [5.41, 5.74) is 2.60. The maximum absolute atomic E-state index is 13.7. The van der Waals surface area contributed by atoms with Crippen LogP contribution in [0.4, 0.5) is 4.39 Å². The molecular formula is C20H24FNO2. The predicted octanol–water partition coefficient (Wildman–Crippen LogP) is 4.62. The predicted molar refractivity (Wildman–Crippen MR) is 94.0 cm³/mol. The molecule has 0 aliphatic heterocycles. The molecule has 1 atom stereocenters. The summed E-state index contributed by atoms with van der Waals surface area (Å²) in [6.45, 7) is 8.38. The smallest absolute Gasteiger partial charge is 0.251 e. The minimum atomic E-state index is -0.549. The molecule has 0 aliphatic rings. The largest absolute Gasteiger partial charge is 0.494 e. The summed E-state index contributed by atoms with van der Waals surface area (Å²) in [5, 5.41) is 2.89. The van der Waals surface area contributed by atoms with Gasteiger partial charge in [-0.3, -0.25) is 4.79 Å². The molecule has 0 aliphatic carbocycles. The maximum Gasteiger partial charge on any atom is 0.251 e. The Balaban J connectivity index is 2.10. The first-order valence-corrected chi connectivity index (χ1v) is 7.97. The molecule has 1 N–H and O–H groups in total. The average molecular weight is 329 g/mol.